The molecule has 7 heteroatoms. The van der Waals surface area contributed by atoms with Gasteiger partial charge in [-0.2, -0.15) is 5.10 Å². The normalized spacial score (nSPS) is 14.0. The van der Waals surface area contributed by atoms with Crippen LogP contribution < -0.4 is 10.2 Å². The first-order valence-corrected chi connectivity index (χ1v) is 10.4. The Hall–Kier alpha value is -2.83. The molecular formula is C23H25ClN4O2. The molecule has 1 aliphatic rings. The Labute approximate surface area is 181 Å². The van der Waals surface area contributed by atoms with E-state index in [4.69, 9.17) is 16.3 Å². The third-order valence-corrected chi connectivity index (χ3v) is 5.60. The standard InChI is InChI=1S/C23H25ClN4O2/c1-16-20(17(2)28(26-16)19-6-4-3-5-7-19)15-23(29)25-21-14-18(24)8-9-22(21)27-10-12-30-13-11-27/h3-9,14H,10-13,15H2,1-2H3,(H,25,29). The molecule has 0 unspecified atom stereocenters. The maximum atomic E-state index is 12.9. The molecule has 4 rings (SSSR count). The summed E-state index contributed by atoms with van der Waals surface area (Å²) in [6.45, 7) is 6.85. The predicted molar refractivity (Wildman–Crippen MR) is 120 cm³/mol. The van der Waals surface area contributed by atoms with Gasteiger partial charge in [0, 0.05) is 29.4 Å². The number of hydrogen-bond donors (Lipinski definition) is 1. The number of rotatable bonds is 5. The Balaban J connectivity index is 1.55. The highest BCUT2D eigenvalue weighted by Crippen LogP contribution is 2.30. The van der Waals surface area contributed by atoms with Crippen LogP contribution in [0.4, 0.5) is 11.4 Å². The van der Waals surface area contributed by atoms with Crippen molar-refractivity contribution in [3.8, 4) is 5.69 Å². The molecule has 30 heavy (non-hydrogen) atoms. The molecule has 0 bridgehead atoms. The van der Waals surface area contributed by atoms with Crippen LogP contribution in [0.2, 0.25) is 5.02 Å². The van der Waals surface area contributed by atoms with Gasteiger partial charge in [0.2, 0.25) is 5.91 Å². The van der Waals surface area contributed by atoms with Gasteiger partial charge in [0.25, 0.3) is 0 Å². The molecule has 1 aromatic heterocycles. The first-order chi connectivity index (χ1) is 14.5. The van der Waals surface area contributed by atoms with E-state index in [1.54, 1.807) is 6.07 Å². The van der Waals surface area contributed by atoms with Crippen molar-refractivity contribution in [3.63, 3.8) is 0 Å². The number of nitrogens with one attached hydrogen (secondary N) is 1. The molecule has 1 saturated heterocycles. The summed E-state index contributed by atoms with van der Waals surface area (Å²) in [5.41, 5.74) is 5.42. The van der Waals surface area contributed by atoms with Gasteiger partial charge < -0.3 is 15.0 Å². The topological polar surface area (TPSA) is 59.4 Å². The summed E-state index contributed by atoms with van der Waals surface area (Å²) in [7, 11) is 0. The van der Waals surface area contributed by atoms with Crippen molar-refractivity contribution >= 4 is 28.9 Å². The van der Waals surface area contributed by atoms with Crippen LogP contribution in [0.5, 0.6) is 0 Å². The zero-order valence-electron chi connectivity index (χ0n) is 17.2. The van der Waals surface area contributed by atoms with E-state index >= 15 is 0 Å². The summed E-state index contributed by atoms with van der Waals surface area (Å²) in [4.78, 5) is 15.2. The third kappa shape index (κ3) is 4.35. The maximum Gasteiger partial charge on any atom is 0.228 e. The minimum Gasteiger partial charge on any atom is -0.378 e. The van der Waals surface area contributed by atoms with Crippen molar-refractivity contribution in [2.24, 2.45) is 0 Å². The minimum atomic E-state index is -0.0920. The number of aryl methyl sites for hydroxylation is 1. The first-order valence-electron chi connectivity index (χ1n) is 10.1. The number of morpholine rings is 1. The van der Waals surface area contributed by atoms with Crippen molar-refractivity contribution in [2.75, 3.05) is 36.5 Å². The largest absolute Gasteiger partial charge is 0.378 e. The number of hydrogen-bond acceptors (Lipinski definition) is 4. The molecule has 6 nitrogen and oxygen atoms in total. The van der Waals surface area contributed by atoms with Gasteiger partial charge in [0.1, 0.15) is 0 Å². The van der Waals surface area contributed by atoms with Gasteiger partial charge in [-0.05, 0) is 44.2 Å². The molecule has 0 radical (unpaired) electrons. The number of carbonyl (C=O) groups is 1. The van der Waals surface area contributed by atoms with Crippen LogP contribution in [0.25, 0.3) is 5.69 Å². The SMILES string of the molecule is Cc1nn(-c2ccccc2)c(C)c1CC(=O)Nc1cc(Cl)ccc1N1CCOCC1. The van der Waals surface area contributed by atoms with Crippen molar-refractivity contribution in [1.29, 1.82) is 0 Å². The van der Waals surface area contributed by atoms with Crippen LogP contribution in [0.3, 0.4) is 0 Å². The molecule has 1 amide bonds. The first kappa shape index (κ1) is 20.4. The second-order valence-electron chi connectivity index (χ2n) is 7.38. The molecule has 1 N–H and O–H groups in total. The average Bonchev–Trinajstić information content (AvgIpc) is 3.03. The van der Waals surface area contributed by atoms with Crippen LogP contribution in [-0.4, -0.2) is 42.0 Å². The molecule has 0 spiro atoms. The third-order valence-electron chi connectivity index (χ3n) is 5.36. The van der Waals surface area contributed by atoms with Crippen LogP contribution in [0, 0.1) is 13.8 Å². The van der Waals surface area contributed by atoms with Gasteiger partial charge in [-0.15, -0.1) is 0 Å². The number of nitrogens with zero attached hydrogens (tertiary/aromatic N) is 3. The van der Waals surface area contributed by atoms with Gasteiger partial charge in [-0.3, -0.25) is 4.79 Å². The molecule has 0 saturated carbocycles. The van der Waals surface area contributed by atoms with Crippen LogP contribution in [-0.2, 0) is 16.0 Å². The van der Waals surface area contributed by atoms with Gasteiger partial charge >= 0.3 is 0 Å². The summed E-state index contributed by atoms with van der Waals surface area (Å²) in [6, 6.07) is 15.5. The van der Waals surface area contributed by atoms with E-state index in [2.05, 4.69) is 15.3 Å². The fourth-order valence-corrected chi connectivity index (χ4v) is 3.97. The smallest absolute Gasteiger partial charge is 0.228 e. The molecule has 2 heterocycles. The lowest BCUT2D eigenvalue weighted by Gasteiger charge is -2.30. The number of benzene rings is 2. The number of halogens is 1. The molecule has 0 aliphatic carbocycles. The van der Waals surface area contributed by atoms with E-state index in [1.165, 1.54) is 0 Å². The summed E-state index contributed by atoms with van der Waals surface area (Å²) < 4.78 is 7.33. The highest BCUT2D eigenvalue weighted by molar-refractivity contribution is 6.31. The maximum absolute atomic E-state index is 12.9. The Bertz CT molecular complexity index is 1040. The molecule has 3 aromatic rings. The average molecular weight is 425 g/mol. The number of amides is 1. The summed E-state index contributed by atoms with van der Waals surface area (Å²) >= 11 is 6.21. The van der Waals surface area contributed by atoms with Crippen molar-refractivity contribution in [2.45, 2.75) is 20.3 Å². The van der Waals surface area contributed by atoms with Gasteiger partial charge in [-0.1, -0.05) is 29.8 Å². The predicted octanol–water partition coefficient (Wildman–Crippen LogP) is 4.16. The molecule has 2 aromatic carbocycles. The Kier molecular flexibility index (Phi) is 6.06. The van der Waals surface area contributed by atoms with E-state index in [0.717, 1.165) is 47.1 Å². The van der Waals surface area contributed by atoms with E-state index < -0.39 is 0 Å². The lowest BCUT2D eigenvalue weighted by Crippen LogP contribution is -2.36. The van der Waals surface area contributed by atoms with E-state index in [1.807, 2.05) is 61.0 Å². The number of anilines is 2. The second-order valence-corrected chi connectivity index (χ2v) is 7.82. The van der Waals surface area contributed by atoms with E-state index in [0.29, 0.717) is 18.2 Å². The Morgan fingerprint density at radius 2 is 1.87 bits per heavy atom. The van der Waals surface area contributed by atoms with Crippen LogP contribution >= 0.6 is 11.6 Å². The zero-order chi connectivity index (χ0) is 21.1. The highest BCUT2D eigenvalue weighted by Gasteiger charge is 2.19. The van der Waals surface area contributed by atoms with Crippen LogP contribution in [0.1, 0.15) is 17.0 Å². The Morgan fingerprint density at radius 1 is 1.13 bits per heavy atom. The highest BCUT2D eigenvalue weighted by atomic mass is 35.5. The van der Waals surface area contributed by atoms with Crippen molar-refractivity contribution in [1.82, 2.24) is 9.78 Å². The lowest BCUT2D eigenvalue weighted by atomic mass is 10.1. The zero-order valence-corrected chi connectivity index (χ0v) is 17.9. The minimum absolute atomic E-state index is 0.0920. The summed E-state index contributed by atoms with van der Waals surface area (Å²) in [5, 5.41) is 8.29. The fraction of sp³-hybridized carbons (Fsp3) is 0.304. The number of ether oxygens (including phenoxy) is 1. The van der Waals surface area contributed by atoms with Gasteiger partial charge in [0.15, 0.2) is 0 Å². The quantitative estimate of drug-likeness (QED) is 0.668. The lowest BCUT2D eigenvalue weighted by molar-refractivity contribution is -0.115. The molecular weight excluding hydrogens is 400 g/mol. The number of para-hydroxylation sites is 1. The Morgan fingerprint density at radius 3 is 2.60 bits per heavy atom. The molecule has 1 aliphatic heterocycles. The van der Waals surface area contributed by atoms with Gasteiger partial charge in [-0.25, -0.2) is 4.68 Å². The fourth-order valence-electron chi connectivity index (χ4n) is 3.79. The second kappa shape index (κ2) is 8.90. The van der Waals surface area contributed by atoms with Crippen molar-refractivity contribution < 1.29 is 9.53 Å². The van der Waals surface area contributed by atoms with Gasteiger partial charge in [0.05, 0.1) is 42.4 Å². The number of carbonyl (C=O) groups excluding carboxylic acids is 1. The van der Waals surface area contributed by atoms with Crippen LogP contribution in [0.15, 0.2) is 48.5 Å². The summed E-state index contributed by atoms with van der Waals surface area (Å²) in [5.74, 6) is -0.0920. The molecule has 0 atom stereocenters. The molecule has 156 valence electrons. The van der Waals surface area contributed by atoms with E-state index in [9.17, 15) is 4.79 Å². The van der Waals surface area contributed by atoms with E-state index in [-0.39, 0.29) is 12.3 Å². The number of aromatic nitrogens is 2. The molecule has 1 fully saturated rings. The van der Waals surface area contributed by atoms with Crippen molar-refractivity contribution in [3.05, 3.63) is 70.5 Å². The summed E-state index contributed by atoms with van der Waals surface area (Å²) in [6.07, 6.45) is 0.250. The monoisotopic (exact) mass is 424 g/mol.